The van der Waals surface area contributed by atoms with E-state index in [1.165, 1.54) is 11.1 Å². The Morgan fingerprint density at radius 3 is 2.50 bits per heavy atom. The van der Waals surface area contributed by atoms with Crippen LogP contribution in [-0.2, 0) is 13.1 Å². The lowest BCUT2D eigenvalue weighted by Crippen LogP contribution is -2.14. The molecule has 3 nitrogen and oxygen atoms in total. The van der Waals surface area contributed by atoms with E-state index < -0.39 is 0 Å². The summed E-state index contributed by atoms with van der Waals surface area (Å²) in [6.07, 6.45) is 0. The molecule has 88 valence electrons. The topological polar surface area (TPSA) is 53.0 Å². The van der Waals surface area contributed by atoms with E-state index in [4.69, 9.17) is 11.0 Å². The van der Waals surface area contributed by atoms with Gasteiger partial charge in [-0.15, -0.1) is 0 Å². The molecule has 2 N–H and O–H groups in total. The average Bonchev–Trinajstić information content (AvgIpc) is 2.84. The minimum atomic E-state index is 0.690. The first-order valence-electron chi connectivity index (χ1n) is 5.89. The van der Waals surface area contributed by atoms with E-state index in [9.17, 15) is 0 Å². The number of fused-ring (bicyclic) bond motifs is 1. The average molecular weight is 235 g/mol. The second-order valence-corrected chi connectivity index (χ2v) is 4.50. The van der Waals surface area contributed by atoms with Gasteiger partial charge in [-0.3, -0.25) is 0 Å². The summed E-state index contributed by atoms with van der Waals surface area (Å²) in [6, 6.07) is 15.9. The molecule has 0 radical (unpaired) electrons. The van der Waals surface area contributed by atoms with Crippen LogP contribution in [0.15, 0.2) is 42.5 Å². The molecule has 3 heteroatoms. The molecule has 0 aliphatic carbocycles. The molecule has 0 fully saturated rings. The number of nitrogens with two attached hydrogens (primary N) is 1. The van der Waals surface area contributed by atoms with Crippen LogP contribution in [0, 0.1) is 11.3 Å². The lowest BCUT2D eigenvalue weighted by atomic mass is 10.1. The molecular formula is C15H13N3. The van der Waals surface area contributed by atoms with Gasteiger partial charge in [-0.25, -0.2) is 0 Å². The van der Waals surface area contributed by atoms with Crippen LogP contribution < -0.4 is 10.6 Å². The maximum atomic E-state index is 8.79. The van der Waals surface area contributed by atoms with Gasteiger partial charge in [-0.05, 0) is 41.5 Å². The lowest BCUT2D eigenvalue weighted by molar-refractivity contribution is 0.881. The van der Waals surface area contributed by atoms with Crippen LogP contribution in [0.5, 0.6) is 0 Å². The molecule has 0 spiro atoms. The summed E-state index contributed by atoms with van der Waals surface area (Å²) in [4.78, 5) is 2.27. The third kappa shape index (κ3) is 1.68. The molecule has 1 heterocycles. The third-order valence-electron chi connectivity index (χ3n) is 3.38. The summed E-state index contributed by atoms with van der Waals surface area (Å²) in [5.74, 6) is 0. The number of nitrogen functional groups attached to an aromatic ring is 1. The molecule has 0 aromatic heterocycles. The van der Waals surface area contributed by atoms with Crippen molar-refractivity contribution in [2.45, 2.75) is 13.1 Å². The van der Waals surface area contributed by atoms with Gasteiger partial charge in [0, 0.05) is 24.5 Å². The van der Waals surface area contributed by atoms with Gasteiger partial charge in [0.2, 0.25) is 0 Å². The van der Waals surface area contributed by atoms with Gasteiger partial charge in [-0.2, -0.15) is 5.26 Å². The molecule has 0 atom stereocenters. The molecule has 2 aromatic rings. The van der Waals surface area contributed by atoms with Crippen LogP contribution in [0.3, 0.4) is 0 Å². The predicted molar refractivity (Wildman–Crippen MR) is 71.9 cm³/mol. The second kappa shape index (κ2) is 4.08. The Morgan fingerprint density at radius 2 is 1.83 bits per heavy atom. The van der Waals surface area contributed by atoms with E-state index in [-0.39, 0.29) is 0 Å². The van der Waals surface area contributed by atoms with Crippen molar-refractivity contribution in [2.75, 3.05) is 10.6 Å². The molecule has 18 heavy (non-hydrogen) atoms. The fraction of sp³-hybridized carbons (Fsp3) is 0.133. The highest BCUT2D eigenvalue weighted by Gasteiger charge is 2.20. The molecule has 3 rings (SSSR count). The van der Waals surface area contributed by atoms with Gasteiger partial charge in [0.1, 0.15) is 0 Å². The maximum absolute atomic E-state index is 8.79. The molecule has 1 aliphatic rings. The van der Waals surface area contributed by atoms with Crippen LogP contribution in [0.25, 0.3) is 0 Å². The van der Waals surface area contributed by atoms with Gasteiger partial charge in [0.05, 0.1) is 11.6 Å². The highest BCUT2D eigenvalue weighted by molar-refractivity contribution is 5.60. The largest absolute Gasteiger partial charge is 0.398 e. The zero-order chi connectivity index (χ0) is 12.5. The van der Waals surface area contributed by atoms with Crippen molar-refractivity contribution in [1.29, 1.82) is 5.26 Å². The lowest BCUT2D eigenvalue weighted by Gasteiger charge is -2.17. The zero-order valence-electron chi connectivity index (χ0n) is 9.93. The molecule has 0 unspecified atom stereocenters. The zero-order valence-corrected chi connectivity index (χ0v) is 9.93. The monoisotopic (exact) mass is 235 g/mol. The molecule has 2 aromatic carbocycles. The van der Waals surface area contributed by atoms with Crippen LogP contribution in [-0.4, -0.2) is 0 Å². The summed E-state index contributed by atoms with van der Waals surface area (Å²) < 4.78 is 0. The second-order valence-electron chi connectivity index (χ2n) is 4.50. The summed E-state index contributed by atoms with van der Waals surface area (Å²) in [7, 11) is 0. The van der Waals surface area contributed by atoms with E-state index in [1.54, 1.807) is 0 Å². The maximum Gasteiger partial charge on any atom is 0.0991 e. The van der Waals surface area contributed by atoms with Crippen LogP contribution in [0.4, 0.5) is 11.4 Å². The number of nitrogens with zero attached hydrogens (tertiary/aromatic N) is 2. The van der Waals surface area contributed by atoms with E-state index in [0.29, 0.717) is 5.56 Å². The number of benzene rings is 2. The first-order chi connectivity index (χ1) is 8.78. The van der Waals surface area contributed by atoms with Crippen molar-refractivity contribution in [1.82, 2.24) is 0 Å². The number of nitriles is 1. The predicted octanol–water partition coefficient (Wildman–Crippen LogP) is 2.66. The highest BCUT2D eigenvalue weighted by atomic mass is 15.1. The van der Waals surface area contributed by atoms with Gasteiger partial charge in [0.25, 0.3) is 0 Å². The number of anilines is 2. The van der Waals surface area contributed by atoms with Crippen LogP contribution in [0.1, 0.15) is 16.7 Å². The summed E-state index contributed by atoms with van der Waals surface area (Å²) in [5, 5.41) is 8.79. The Bertz CT molecular complexity index is 623. The quantitative estimate of drug-likeness (QED) is 0.773. The van der Waals surface area contributed by atoms with Crippen molar-refractivity contribution in [3.05, 3.63) is 59.2 Å². The first-order valence-corrected chi connectivity index (χ1v) is 5.89. The molecular weight excluding hydrogens is 222 g/mol. The van der Waals surface area contributed by atoms with E-state index >= 15 is 0 Å². The van der Waals surface area contributed by atoms with Crippen molar-refractivity contribution in [3.8, 4) is 6.07 Å². The minimum Gasteiger partial charge on any atom is -0.398 e. The highest BCUT2D eigenvalue weighted by Crippen LogP contribution is 2.31. The van der Waals surface area contributed by atoms with Crippen LogP contribution in [0.2, 0.25) is 0 Å². The van der Waals surface area contributed by atoms with Crippen molar-refractivity contribution in [2.24, 2.45) is 0 Å². The standard InChI is InChI=1S/C15H13N3/c16-8-11-4-6-13(7-5-11)18-9-12-2-1-3-15(17)14(12)10-18/h1-7H,9-10,17H2. The van der Waals surface area contributed by atoms with Gasteiger partial charge in [-0.1, -0.05) is 12.1 Å². The number of rotatable bonds is 1. The number of hydrogen-bond acceptors (Lipinski definition) is 3. The molecule has 0 bridgehead atoms. The normalized spacial score (nSPS) is 13.2. The summed E-state index contributed by atoms with van der Waals surface area (Å²) in [5.41, 5.74) is 11.2. The van der Waals surface area contributed by atoms with Crippen LogP contribution >= 0.6 is 0 Å². The third-order valence-corrected chi connectivity index (χ3v) is 3.38. The fourth-order valence-electron chi connectivity index (χ4n) is 2.38. The first kappa shape index (κ1) is 10.7. The van der Waals surface area contributed by atoms with Gasteiger partial charge >= 0.3 is 0 Å². The molecule has 1 aliphatic heterocycles. The fourth-order valence-corrected chi connectivity index (χ4v) is 2.38. The molecule has 0 saturated carbocycles. The SMILES string of the molecule is N#Cc1ccc(N2Cc3cccc(N)c3C2)cc1. The summed E-state index contributed by atoms with van der Waals surface area (Å²) in [6.45, 7) is 1.72. The van der Waals surface area contributed by atoms with Gasteiger partial charge < -0.3 is 10.6 Å². The Morgan fingerprint density at radius 1 is 1.06 bits per heavy atom. The number of hydrogen-bond donors (Lipinski definition) is 1. The Kier molecular flexibility index (Phi) is 2.42. The Balaban J connectivity index is 1.89. The molecule has 0 amide bonds. The molecule has 0 saturated heterocycles. The van der Waals surface area contributed by atoms with E-state index in [2.05, 4.69) is 17.0 Å². The van der Waals surface area contributed by atoms with E-state index in [0.717, 1.165) is 24.5 Å². The minimum absolute atomic E-state index is 0.690. The van der Waals surface area contributed by atoms with Crippen molar-refractivity contribution >= 4 is 11.4 Å². The van der Waals surface area contributed by atoms with Crippen molar-refractivity contribution in [3.63, 3.8) is 0 Å². The van der Waals surface area contributed by atoms with Crippen molar-refractivity contribution < 1.29 is 0 Å². The Labute approximate surface area is 106 Å². The summed E-state index contributed by atoms with van der Waals surface area (Å²) >= 11 is 0. The van der Waals surface area contributed by atoms with E-state index in [1.807, 2.05) is 36.4 Å². The Hall–Kier alpha value is -2.47. The smallest absolute Gasteiger partial charge is 0.0991 e. The van der Waals surface area contributed by atoms with Gasteiger partial charge in [0.15, 0.2) is 0 Å².